The number of carboxylic acids is 1. The van der Waals surface area contributed by atoms with Crippen molar-refractivity contribution in [1.29, 1.82) is 0 Å². The number of carbonyl (C=O) groups is 1. The average Bonchev–Trinajstić information content (AvgIpc) is 2.68. The lowest BCUT2D eigenvalue weighted by Gasteiger charge is -2.36. The van der Waals surface area contributed by atoms with Crippen LogP contribution < -0.4 is 4.90 Å². The fraction of sp³-hybridized carbons (Fsp3) is 0.350. The number of piperazine rings is 1. The van der Waals surface area contributed by atoms with Crippen LogP contribution in [0.2, 0.25) is 0 Å². The molecule has 1 N–H and O–H groups in total. The Labute approximate surface area is 186 Å². The van der Waals surface area contributed by atoms with Crippen molar-refractivity contribution in [2.75, 3.05) is 31.1 Å². The molecule has 0 bridgehead atoms. The highest BCUT2D eigenvalue weighted by atomic mass is 79.9. The molecule has 0 atom stereocenters. The van der Waals surface area contributed by atoms with Crippen molar-refractivity contribution in [2.24, 2.45) is 0 Å². The van der Waals surface area contributed by atoms with Gasteiger partial charge >= 0.3 is 12.1 Å². The largest absolute Gasteiger partial charge is 0.481 e. The molecule has 1 heterocycles. The SMILES string of the molecule is Cc1ccc(S(=O)(=O)N2CCN(c3ccc(C(F)(F)F)cc3Br)CC2)cc1CC(=O)O. The lowest BCUT2D eigenvalue weighted by atomic mass is 10.1. The maximum atomic E-state index is 13.0. The summed E-state index contributed by atoms with van der Waals surface area (Å²) in [5.74, 6) is -1.05. The highest BCUT2D eigenvalue weighted by molar-refractivity contribution is 9.10. The van der Waals surface area contributed by atoms with Gasteiger partial charge in [-0.05, 0) is 64.3 Å². The molecule has 1 saturated heterocycles. The third-order valence-electron chi connectivity index (χ3n) is 5.15. The zero-order chi connectivity index (χ0) is 23.0. The van der Waals surface area contributed by atoms with Crippen LogP contribution in [0.3, 0.4) is 0 Å². The van der Waals surface area contributed by atoms with Gasteiger partial charge in [0, 0.05) is 30.7 Å². The molecule has 11 heteroatoms. The molecule has 1 aliphatic rings. The second-order valence-electron chi connectivity index (χ2n) is 7.21. The molecule has 0 aliphatic carbocycles. The zero-order valence-corrected chi connectivity index (χ0v) is 18.9. The minimum absolute atomic E-state index is 0.0264. The predicted molar refractivity (Wildman–Crippen MR) is 113 cm³/mol. The molecule has 168 valence electrons. The number of nitrogens with zero attached hydrogens (tertiary/aromatic N) is 2. The van der Waals surface area contributed by atoms with Crippen LogP contribution in [-0.2, 0) is 27.4 Å². The van der Waals surface area contributed by atoms with Crippen LogP contribution in [0.1, 0.15) is 16.7 Å². The second kappa shape index (κ2) is 8.79. The Morgan fingerprint density at radius 3 is 2.29 bits per heavy atom. The quantitative estimate of drug-likeness (QED) is 0.646. The summed E-state index contributed by atoms with van der Waals surface area (Å²) in [5, 5.41) is 9.02. The summed E-state index contributed by atoms with van der Waals surface area (Å²) in [6.45, 7) is 2.62. The van der Waals surface area contributed by atoms with Gasteiger partial charge < -0.3 is 10.0 Å². The van der Waals surface area contributed by atoms with Crippen molar-refractivity contribution in [3.63, 3.8) is 0 Å². The number of benzene rings is 2. The van der Waals surface area contributed by atoms with E-state index in [9.17, 15) is 26.4 Å². The number of rotatable bonds is 5. The number of carboxylic acid groups (broad SMARTS) is 1. The van der Waals surface area contributed by atoms with Crippen LogP contribution in [0.15, 0.2) is 45.8 Å². The van der Waals surface area contributed by atoms with E-state index in [1.807, 2.05) is 4.90 Å². The maximum Gasteiger partial charge on any atom is 0.416 e. The van der Waals surface area contributed by atoms with E-state index in [-0.39, 0.29) is 28.9 Å². The standard InChI is InChI=1S/C20H20BrF3N2O4S/c1-13-2-4-16(10-14(13)11-19(27)28)31(29,30)26-8-6-25(7-9-26)18-5-3-15(12-17(18)21)20(22,23)24/h2-5,10,12H,6-9,11H2,1H3,(H,27,28). The van der Waals surface area contributed by atoms with Gasteiger partial charge in [0.1, 0.15) is 0 Å². The molecule has 1 aliphatic heterocycles. The Hall–Kier alpha value is -2.11. The first-order valence-corrected chi connectivity index (χ1v) is 11.6. The first-order chi connectivity index (χ1) is 14.4. The second-order valence-corrected chi connectivity index (χ2v) is 10.0. The Bertz CT molecular complexity index is 1100. The molecule has 31 heavy (non-hydrogen) atoms. The molecule has 2 aromatic carbocycles. The molecule has 0 unspecified atom stereocenters. The zero-order valence-electron chi connectivity index (χ0n) is 16.5. The normalized spacial score (nSPS) is 15.8. The Balaban J connectivity index is 1.75. The van der Waals surface area contributed by atoms with Gasteiger partial charge in [-0.15, -0.1) is 0 Å². The van der Waals surface area contributed by atoms with Crippen molar-refractivity contribution in [2.45, 2.75) is 24.4 Å². The molecule has 1 fully saturated rings. The summed E-state index contributed by atoms with van der Waals surface area (Å²) >= 11 is 3.18. The smallest absolute Gasteiger partial charge is 0.416 e. The summed E-state index contributed by atoms with van der Waals surface area (Å²) in [6.07, 6.45) is -4.72. The summed E-state index contributed by atoms with van der Waals surface area (Å²) in [6, 6.07) is 7.80. The molecule has 0 radical (unpaired) electrons. The number of hydrogen-bond donors (Lipinski definition) is 1. The molecular formula is C20H20BrF3N2O4S. The van der Waals surface area contributed by atoms with Crippen LogP contribution in [0.5, 0.6) is 0 Å². The van der Waals surface area contributed by atoms with Crippen molar-refractivity contribution < 1.29 is 31.5 Å². The Morgan fingerprint density at radius 1 is 1.10 bits per heavy atom. The van der Waals surface area contributed by atoms with Gasteiger partial charge in [-0.25, -0.2) is 8.42 Å². The molecule has 6 nitrogen and oxygen atoms in total. The van der Waals surface area contributed by atoms with Gasteiger partial charge in [-0.2, -0.15) is 17.5 Å². The van der Waals surface area contributed by atoms with E-state index in [1.54, 1.807) is 13.0 Å². The van der Waals surface area contributed by atoms with E-state index in [2.05, 4.69) is 15.9 Å². The fourth-order valence-electron chi connectivity index (χ4n) is 3.42. The number of hydrogen-bond acceptors (Lipinski definition) is 4. The third-order valence-corrected chi connectivity index (χ3v) is 7.68. The third kappa shape index (κ3) is 5.21. The van der Waals surface area contributed by atoms with Crippen LogP contribution in [0.4, 0.5) is 18.9 Å². The van der Waals surface area contributed by atoms with E-state index in [0.717, 1.165) is 12.1 Å². The topological polar surface area (TPSA) is 77.9 Å². The molecular weight excluding hydrogens is 501 g/mol. The first kappa shape index (κ1) is 23.6. The number of aliphatic carboxylic acids is 1. The molecule has 0 saturated carbocycles. The van der Waals surface area contributed by atoms with Gasteiger partial charge in [0.25, 0.3) is 0 Å². The number of halogens is 4. The highest BCUT2D eigenvalue weighted by Gasteiger charge is 2.33. The molecule has 0 spiro atoms. The molecule has 2 aromatic rings. The van der Waals surface area contributed by atoms with Crippen LogP contribution >= 0.6 is 15.9 Å². The minimum atomic E-state index is -4.44. The van der Waals surface area contributed by atoms with E-state index in [0.29, 0.717) is 29.9 Å². The Kier molecular flexibility index (Phi) is 6.68. The van der Waals surface area contributed by atoms with Gasteiger partial charge in [0.05, 0.1) is 22.6 Å². The molecule has 0 amide bonds. The van der Waals surface area contributed by atoms with Gasteiger partial charge in [0.15, 0.2) is 0 Å². The van der Waals surface area contributed by atoms with Crippen molar-refractivity contribution >= 4 is 37.6 Å². The van der Waals surface area contributed by atoms with Gasteiger partial charge in [-0.1, -0.05) is 6.07 Å². The van der Waals surface area contributed by atoms with Gasteiger partial charge in [-0.3, -0.25) is 4.79 Å². The summed E-state index contributed by atoms with van der Waals surface area (Å²) < 4.78 is 66.2. The number of aryl methyl sites for hydroxylation is 1. The molecule has 0 aromatic heterocycles. The van der Waals surface area contributed by atoms with Crippen molar-refractivity contribution in [3.05, 3.63) is 57.6 Å². The minimum Gasteiger partial charge on any atom is -0.481 e. The van der Waals surface area contributed by atoms with Crippen LogP contribution in [0.25, 0.3) is 0 Å². The van der Waals surface area contributed by atoms with E-state index >= 15 is 0 Å². The van der Waals surface area contributed by atoms with E-state index in [4.69, 9.17) is 5.11 Å². The predicted octanol–water partition coefficient (Wildman–Crippen LogP) is 3.91. The molecule has 3 rings (SSSR count). The number of sulfonamides is 1. The van der Waals surface area contributed by atoms with E-state index in [1.165, 1.54) is 22.5 Å². The Morgan fingerprint density at radius 2 is 1.74 bits per heavy atom. The monoisotopic (exact) mass is 520 g/mol. The van der Waals surface area contributed by atoms with Crippen molar-refractivity contribution in [1.82, 2.24) is 4.31 Å². The lowest BCUT2D eigenvalue weighted by Crippen LogP contribution is -2.48. The summed E-state index contributed by atoms with van der Waals surface area (Å²) in [7, 11) is -3.83. The van der Waals surface area contributed by atoms with Crippen molar-refractivity contribution in [3.8, 4) is 0 Å². The van der Waals surface area contributed by atoms with Crippen LogP contribution in [-0.4, -0.2) is 50.0 Å². The average molecular weight is 521 g/mol. The summed E-state index contributed by atoms with van der Waals surface area (Å²) in [4.78, 5) is 12.9. The highest BCUT2D eigenvalue weighted by Crippen LogP contribution is 2.36. The van der Waals surface area contributed by atoms with Gasteiger partial charge in [0.2, 0.25) is 10.0 Å². The number of anilines is 1. The lowest BCUT2D eigenvalue weighted by molar-refractivity contribution is -0.138. The van der Waals surface area contributed by atoms with Crippen LogP contribution in [0, 0.1) is 6.92 Å². The fourth-order valence-corrected chi connectivity index (χ4v) is 5.52. The maximum absolute atomic E-state index is 13.0. The van der Waals surface area contributed by atoms with E-state index < -0.39 is 27.7 Å². The summed E-state index contributed by atoms with van der Waals surface area (Å²) in [5.41, 5.74) is 0.921. The number of alkyl halides is 3. The first-order valence-electron chi connectivity index (χ1n) is 9.33.